The van der Waals surface area contributed by atoms with E-state index in [-0.39, 0.29) is 0 Å². The highest BCUT2D eigenvalue weighted by Crippen LogP contribution is 2.21. The molecule has 0 fully saturated rings. The Morgan fingerprint density at radius 3 is 2.56 bits per heavy atom. The molecule has 3 heteroatoms. The average molecular weight is 371 g/mol. The van der Waals surface area contributed by atoms with Crippen molar-refractivity contribution in [3.63, 3.8) is 0 Å². The number of benzene rings is 1. The quantitative estimate of drug-likeness (QED) is 0.404. The molecule has 0 spiro atoms. The Balaban J connectivity index is 1.74. The van der Waals surface area contributed by atoms with E-state index in [1.54, 1.807) is 0 Å². The fraction of sp³-hybridized carbons (Fsp3) is 0.333. The second-order valence-corrected chi connectivity index (χ2v) is 6.05. The van der Waals surface area contributed by atoms with E-state index in [1.165, 1.54) is 36.1 Å². The van der Waals surface area contributed by atoms with Gasteiger partial charge in [0.05, 0.1) is 0 Å². The molecule has 2 rings (SSSR count). The zero-order chi connectivity index (χ0) is 12.6. The van der Waals surface area contributed by atoms with Gasteiger partial charge in [-0.25, -0.2) is 0 Å². The Hall–Kier alpha value is -0.390. The molecule has 1 aromatic heterocycles. The number of nitrogens with one attached hydrogen (secondary N) is 1. The molecular weight excluding hydrogens is 353 g/mol. The van der Waals surface area contributed by atoms with Crippen molar-refractivity contribution in [3.05, 3.63) is 58.3 Å². The second kappa shape index (κ2) is 7.92. The summed E-state index contributed by atoms with van der Waals surface area (Å²) < 4.78 is 3.38. The van der Waals surface area contributed by atoms with Crippen LogP contribution in [-0.4, -0.2) is 0 Å². The van der Waals surface area contributed by atoms with Crippen molar-refractivity contribution in [1.29, 1.82) is 0 Å². The monoisotopic (exact) mass is 371 g/mol. The number of rotatable bonds is 7. The summed E-state index contributed by atoms with van der Waals surface area (Å²) in [5, 5.41) is 2.16. The lowest BCUT2D eigenvalue weighted by molar-refractivity contribution is 0.572. The number of thiophene rings is 1. The van der Waals surface area contributed by atoms with Crippen molar-refractivity contribution in [2.75, 3.05) is 0 Å². The topological polar surface area (TPSA) is 12.0 Å². The number of aryl methyl sites for hydroxylation is 1. The van der Waals surface area contributed by atoms with Crippen LogP contribution in [0.15, 0.2) is 47.8 Å². The third kappa shape index (κ3) is 4.37. The summed E-state index contributed by atoms with van der Waals surface area (Å²) in [4.78, 5) is 1.51. The first kappa shape index (κ1) is 14.0. The number of hydrogen-bond donors (Lipinski definition) is 1. The van der Waals surface area contributed by atoms with Crippen LogP contribution in [0.3, 0.4) is 0 Å². The fourth-order valence-corrected chi connectivity index (χ4v) is 3.49. The van der Waals surface area contributed by atoms with Crippen molar-refractivity contribution in [3.8, 4) is 0 Å². The molecule has 96 valence electrons. The minimum Gasteiger partial charge on any atom is -0.254 e. The fourth-order valence-electron chi connectivity index (χ4n) is 2.07. The van der Waals surface area contributed by atoms with Gasteiger partial charge in [0.25, 0.3) is 0 Å². The molecule has 2 aromatic rings. The maximum absolute atomic E-state index is 3.38. The van der Waals surface area contributed by atoms with Gasteiger partial charge in [-0.1, -0.05) is 42.8 Å². The number of unbranched alkanes of at least 4 members (excludes halogenated alkanes) is 1. The highest BCUT2D eigenvalue weighted by molar-refractivity contribution is 14.1. The molecule has 0 amide bonds. The van der Waals surface area contributed by atoms with Crippen LogP contribution in [0.4, 0.5) is 0 Å². The molecule has 1 atom stereocenters. The molecule has 0 saturated heterocycles. The van der Waals surface area contributed by atoms with Crippen LogP contribution in [0.2, 0.25) is 0 Å². The van der Waals surface area contributed by atoms with Crippen LogP contribution in [0.25, 0.3) is 0 Å². The highest BCUT2D eigenvalue weighted by Gasteiger charge is 2.08. The zero-order valence-corrected chi connectivity index (χ0v) is 13.3. The van der Waals surface area contributed by atoms with Gasteiger partial charge in [-0.3, -0.25) is 3.53 Å². The van der Waals surface area contributed by atoms with E-state index in [0.717, 1.165) is 0 Å². The van der Waals surface area contributed by atoms with Crippen LogP contribution >= 0.6 is 34.2 Å². The van der Waals surface area contributed by atoms with E-state index in [0.29, 0.717) is 6.04 Å². The molecule has 0 aliphatic heterocycles. The van der Waals surface area contributed by atoms with Crippen LogP contribution in [0.5, 0.6) is 0 Å². The second-order valence-electron chi connectivity index (χ2n) is 4.40. The molecule has 0 radical (unpaired) electrons. The van der Waals surface area contributed by atoms with Crippen LogP contribution in [-0.2, 0) is 6.42 Å². The van der Waals surface area contributed by atoms with Crippen molar-refractivity contribution in [2.24, 2.45) is 0 Å². The molecule has 1 unspecified atom stereocenters. The van der Waals surface area contributed by atoms with Crippen molar-refractivity contribution in [1.82, 2.24) is 3.53 Å². The van der Waals surface area contributed by atoms with Gasteiger partial charge in [-0.15, -0.1) is 11.3 Å². The molecule has 0 bridgehead atoms. The van der Waals surface area contributed by atoms with Crippen LogP contribution < -0.4 is 3.53 Å². The van der Waals surface area contributed by atoms with Crippen molar-refractivity contribution >= 4 is 34.2 Å². The van der Waals surface area contributed by atoms with Gasteiger partial charge in [0.1, 0.15) is 0 Å². The lowest BCUT2D eigenvalue weighted by atomic mass is 10.0. The predicted octanol–water partition coefficient (Wildman–Crippen LogP) is 5.14. The first-order chi connectivity index (χ1) is 8.90. The minimum atomic E-state index is 0.482. The molecular formula is C15H18INS. The summed E-state index contributed by atoms with van der Waals surface area (Å²) in [6.07, 6.45) is 4.98. The van der Waals surface area contributed by atoms with E-state index in [4.69, 9.17) is 0 Å². The first-order valence-corrected chi connectivity index (χ1v) is 8.29. The number of hydrogen-bond acceptors (Lipinski definition) is 2. The molecule has 1 heterocycles. The molecule has 1 aromatic carbocycles. The van der Waals surface area contributed by atoms with Crippen molar-refractivity contribution in [2.45, 2.75) is 31.7 Å². The molecule has 0 aliphatic carbocycles. The van der Waals surface area contributed by atoms with Crippen LogP contribution in [0.1, 0.15) is 35.7 Å². The van der Waals surface area contributed by atoms with Gasteiger partial charge in [-0.05, 0) is 36.3 Å². The third-order valence-electron chi connectivity index (χ3n) is 3.08. The number of halogens is 1. The highest BCUT2D eigenvalue weighted by atomic mass is 127. The van der Waals surface area contributed by atoms with Gasteiger partial charge in [0.2, 0.25) is 0 Å². The maximum atomic E-state index is 3.38. The smallest absolute Gasteiger partial charge is 0.0413 e. The average Bonchev–Trinajstić information content (AvgIpc) is 2.93. The molecule has 1 nitrogen and oxygen atoms in total. The standard InChI is InChI=1S/C15H18INS/c16-17-15(13-7-2-1-3-8-13)11-5-4-9-14-10-6-12-18-14/h1-3,6-8,10,12,15,17H,4-5,9,11H2. The van der Waals surface area contributed by atoms with E-state index in [9.17, 15) is 0 Å². The molecule has 1 N–H and O–H groups in total. The normalized spacial score (nSPS) is 12.5. The van der Waals surface area contributed by atoms with Crippen molar-refractivity contribution < 1.29 is 0 Å². The molecule has 18 heavy (non-hydrogen) atoms. The summed E-state index contributed by atoms with van der Waals surface area (Å²) in [5.41, 5.74) is 1.39. The van der Waals surface area contributed by atoms with E-state index in [1.807, 2.05) is 11.3 Å². The van der Waals surface area contributed by atoms with Gasteiger partial charge < -0.3 is 0 Å². The Labute approximate surface area is 127 Å². The van der Waals surface area contributed by atoms with E-state index in [2.05, 4.69) is 74.2 Å². The Kier molecular flexibility index (Phi) is 6.17. The lowest BCUT2D eigenvalue weighted by Crippen LogP contribution is -2.10. The summed E-state index contributed by atoms with van der Waals surface area (Å²) in [6.45, 7) is 0. The lowest BCUT2D eigenvalue weighted by Gasteiger charge is -2.15. The van der Waals surface area contributed by atoms with Gasteiger partial charge in [0, 0.05) is 33.8 Å². The molecule has 0 aliphatic rings. The van der Waals surface area contributed by atoms with Gasteiger partial charge in [0.15, 0.2) is 0 Å². The molecule has 0 saturated carbocycles. The summed E-state index contributed by atoms with van der Waals surface area (Å²) in [7, 11) is 0. The Bertz CT molecular complexity index is 427. The predicted molar refractivity (Wildman–Crippen MR) is 88.2 cm³/mol. The Morgan fingerprint density at radius 2 is 1.89 bits per heavy atom. The summed E-state index contributed by atoms with van der Waals surface area (Å²) in [6, 6.07) is 15.6. The van der Waals surface area contributed by atoms with E-state index < -0.39 is 0 Å². The summed E-state index contributed by atoms with van der Waals surface area (Å²) >= 11 is 4.13. The van der Waals surface area contributed by atoms with E-state index >= 15 is 0 Å². The maximum Gasteiger partial charge on any atom is 0.0413 e. The Morgan fingerprint density at radius 1 is 1.06 bits per heavy atom. The third-order valence-corrected chi connectivity index (χ3v) is 4.77. The summed E-state index contributed by atoms with van der Waals surface area (Å²) in [5.74, 6) is 0. The SMILES string of the molecule is INC(CCCCc1cccs1)c1ccccc1. The largest absolute Gasteiger partial charge is 0.254 e. The zero-order valence-electron chi connectivity index (χ0n) is 10.3. The van der Waals surface area contributed by atoms with Gasteiger partial charge in [-0.2, -0.15) is 0 Å². The first-order valence-electron chi connectivity index (χ1n) is 6.33. The van der Waals surface area contributed by atoms with Gasteiger partial charge >= 0.3 is 0 Å². The minimum absolute atomic E-state index is 0.482. The van der Waals surface area contributed by atoms with Crippen LogP contribution in [0, 0.1) is 0 Å².